The van der Waals surface area contributed by atoms with Gasteiger partial charge in [-0.1, -0.05) is 24.3 Å². The van der Waals surface area contributed by atoms with Gasteiger partial charge in [-0.05, 0) is 37.9 Å². The molecule has 3 rings (SSSR count). The van der Waals surface area contributed by atoms with Crippen molar-refractivity contribution in [3.8, 4) is 0 Å². The maximum absolute atomic E-state index is 12.9. The zero-order valence-corrected chi connectivity index (χ0v) is 12.5. The Labute approximate surface area is 126 Å². The number of para-hydroxylation sites is 1. The van der Waals surface area contributed by atoms with Crippen molar-refractivity contribution < 1.29 is 13.2 Å². The Morgan fingerprint density at radius 1 is 0.955 bits per heavy atom. The molecule has 0 saturated heterocycles. The van der Waals surface area contributed by atoms with Crippen molar-refractivity contribution in [3.05, 3.63) is 48.0 Å². The molecule has 3 aromatic rings. The van der Waals surface area contributed by atoms with E-state index < -0.39 is 12.7 Å². The summed E-state index contributed by atoms with van der Waals surface area (Å²) in [7, 11) is 3.94. The van der Waals surface area contributed by atoms with Gasteiger partial charge in [-0.25, -0.2) is 0 Å². The van der Waals surface area contributed by atoms with Crippen LogP contribution in [0.3, 0.4) is 0 Å². The van der Waals surface area contributed by atoms with E-state index in [0.717, 1.165) is 22.9 Å². The van der Waals surface area contributed by atoms with Gasteiger partial charge >= 0.3 is 6.18 Å². The van der Waals surface area contributed by atoms with E-state index in [1.807, 2.05) is 43.3 Å². The first-order valence-electron chi connectivity index (χ1n) is 7.06. The molecular weight excluding hydrogens is 289 g/mol. The molecule has 0 aliphatic carbocycles. The van der Waals surface area contributed by atoms with Gasteiger partial charge in [-0.2, -0.15) is 13.2 Å². The van der Waals surface area contributed by atoms with E-state index in [1.54, 1.807) is 18.2 Å². The third-order valence-corrected chi connectivity index (χ3v) is 3.67. The van der Waals surface area contributed by atoms with E-state index in [0.29, 0.717) is 11.0 Å². The van der Waals surface area contributed by atoms with E-state index >= 15 is 0 Å². The molecule has 0 fully saturated rings. The van der Waals surface area contributed by atoms with Gasteiger partial charge in [-0.3, -0.25) is 0 Å². The Morgan fingerprint density at radius 2 is 1.64 bits per heavy atom. The molecule has 0 unspecified atom stereocenters. The topological polar surface area (TPSA) is 8.17 Å². The van der Waals surface area contributed by atoms with E-state index in [2.05, 4.69) is 0 Å². The van der Waals surface area contributed by atoms with Gasteiger partial charge < -0.3 is 9.47 Å². The van der Waals surface area contributed by atoms with Gasteiger partial charge in [0, 0.05) is 28.4 Å². The smallest absolute Gasteiger partial charge is 0.331 e. The molecule has 1 aromatic heterocycles. The first-order valence-corrected chi connectivity index (χ1v) is 7.06. The predicted octanol–water partition coefficient (Wildman–Crippen LogP) is 4.42. The molecule has 0 saturated carbocycles. The minimum Gasteiger partial charge on any atom is -0.331 e. The second-order valence-electron chi connectivity index (χ2n) is 5.81. The van der Waals surface area contributed by atoms with Crippen molar-refractivity contribution in [1.29, 1.82) is 0 Å². The number of alkyl halides is 3. The number of hydrogen-bond acceptors (Lipinski definition) is 1. The molecule has 0 spiro atoms. The molecule has 5 heteroatoms. The molecule has 2 aromatic carbocycles. The molecule has 116 valence electrons. The molecule has 0 aliphatic heterocycles. The number of halogens is 3. The minimum atomic E-state index is -4.24. The van der Waals surface area contributed by atoms with Crippen molar-refractivity contribution in [2.45, 2.75) is 19.3 Å². The van der Waals surface area contributed by atoms with Gasteiger partial charge in [0.1, 0.15) is 6.54 Å². The van der Waals surface area contributed by atoms with Gasteiger partial charge in [0.2, 0.25) is 0 Å². The van der Waals surface area contributed by atoms with Crippen molar-refractivity contribution in [2.24, 2.45) is 0 Å². The Kier molecular flexibility index (Phi) is 3.60. The van der Waals surface area contributed by atoms with Gasteiger partial charge in [0.25, 0.3) is 0 Å². The average Bonchev–Trinajstić information content (AvgIpc) is 2.71. The van der Waals surface area contributed by atoms with Crippen molar-refractivity contribution >= 4 is 21.8 Å². The number of aromatic nitrogens is 1. The maximum atomic E-state index is 12.9. The SMILES string of the molecule is CN(C)Cc1ccc2c(c1)c1ccccc1n2CC(F)(F)F. The summed E-state index contributed by atoms with van der Waals surface area (Å²) in [5.74, 6) is 0. The third kappa shape index (κ3) is 2.81. The first kappa shape index (κ1) is 14.9. The highest BCUT2D eigenvalue weighted by atomic mass is 19.4. The highest BCUT2D eigenvalue weighted by molar-refractivity contribution is 6.08. The highest BCUT2D eigenvalue weighted by Gasteiger charge is 2.29. The molecule has 0 aliphatic rings. The summed E-state index contributed by atoms with van der Waals surface area (Å²) < 4.78 is 40.0. The molecule has 0 atom stereocenters. The molecule has 0 N–H and O–H groups in total. The summed E-state index contributed by atoms with van der Waals surface area (Å²) >= 11 is 0. The van der Waals surface area contributed by atoms with Crippen LogP contribution in [0.4, 0.5) is 13.2 Å². The number of hydrogen-bond donors (Lipinski definition) is 0. The van der Waals surface area contributed by atoms with Crippen LogP contribution in [0.1, 0.15) is 5.56 Å². The van der Waals surface area contributed by atoms with Crippen LogP contribution in [0.15, 0.2) is 42.5 Å². The lowest BCUT2D eigenvalue weighted by atomic mass is 10.1. The largest absolute Gasteiger partial charge is 0.406 e. The van der Waals surface area contributed by atoms with Gasteiger partial charge in [0.15, 0.2) is 0 Å². The Morgan fingerprint density at radius 3 is 2.32 bits per heavy atom. The van der Waals surface area contributed by atoms with Crippen molar-refractivity contribution in [2.75, 3.05) is 14.1 Å². The summed E-state index contributed by atoms with van der Waals surface area (Å²) in [6, 6.07) is 12.9. The van der Waals surface area contributed by atoms with Crippen LogP contribution in [0.25, 0.3) is 21.8 Å². The van der Waals surface area contributed by atoms with Crippen LogP contribution in [-0.4, -0.2) is 29.7 Å². The lowest BCUT2D eigenvalue weighted by Crippen LogP contribution is -2.17. The number of rotatable bonds is 3. The number of nitrogens with zero attached hydrogens (tertiary/aromatic N) is 2. The fourth-order valence-electron chi connectivity index (χ4n) is 2.91. The fourth-order valence-corrected chi connectivity index (χ4v) is 2.91. The molecule has 22 heavy (non-hydrogen) atoms. The van der Waals surface area contributed by atoms with Crippen LogP contribution < -0.4 is 0 Å². The van der Waals surface area contributed by atoms with Crippen LogP contribution in [0.5, 0.6) is 0 Å². The van der Waals surface area contributed by atoms with Crippen LogP contribution in [0, 0.1) is 0 Å². The van der Waals surface area contributed by atoms with Crippen molar-refractivity contribution in [3.63, 3.8) is 0 Å². The summed E-state index contributed by atoms with van der Waals surface area (Å²) in [6.45, 7) is -0.210. The predicted molar refractivity (Wildman–Crippen MR) is 82.9 cm³/mol. The Hall–Kier alpha value is -2.01. The summed E-state index contributed by atoms with van der Waals surface area (Å²) in [4.78, 5) is 2.04. The lowest BCUT2D eigenvalue weighted by Gasteiger charge is -2.12. The van der Waals surface area contributed by atoms with E-state index in [9.17, 15) is 13.2 Å². The molecule has 0 bridgehead atoms. The second kappa shape index (κ2) is 5.32. The highest BCUT2D eigenvalue weighted by Crippen LogP contribution is 2.32. The molecule has 2 nitrogen and oxygen atoms in total. The van der Waals surface area contributed by atoms with E-state index in [1.165, 1.54) is 4.57 Å². The van der Waals surface area contributed by atoms with Crippen LogP contribution in [0.2, 0.25) is 0 Å². The average molecular weight is 306 g/mol. The summed E-state index contributed by atoms with van der Waals surface area (Å²) in [5, 5.41) is 1.74. The maximum Gasteiger partial charge on any atom is 0.406 e. The van der Waals surface area contributed by atoms with E-state index in [-0.39, 0.29) is 0 Å². The van der Waals surface area contributed by atoms with Crippen LogP contribution in [-0.2, 0) is 13.1 Å². The Bertz CT molecular complexity index is 816. The van der Waals surface area contributed by atoms with Crippen LogP contribution >= 0.6 is 0 Å². The first-order chi connectivity index (χ1) is 10.3. The zero-order chi connectivity index (χ0) is 15.9. The van der Waals surface area contributed by atoms with Gasteiger partial charge in [-0.15, -0.1) is 0 Å². The normalized spacial score (nSPS) is 12.6. The summed E-state index contributed by atoms with van der Waals surface area (Å²) in [5.41, 5.74) is 2.34. The second-order valence-corrected chi connectivity index (χ2v) is 5.81. The zero-order valence-electron chi connectivity index (χ0n) is 12.5. The Balaban J connectivity index is 2.24. The van der Waals surface area contributed by atoms with Gasteiger partial charge in [0.05, 0.1) is 0 Å². The summed E-state index contributed by atoms with van der Waals surface area (Å²) in [6.07, 6.45) is -4.24. The number of fused-ring (bicyclic) bond motifs is 3. The lowest BCUT2D eigenvalue weighted by molar-refractivity contribution is -0.139. The molecule has 0 amide bonds. The quantitative estimate of drug-likeness (QED) is 0.695. The minimum absolute atomic E-state index is 0.622. The van der Waals surface area contributed by atoms with E-state index in [4.69, 9.17) is 0 Å². The van der Waals surface area contributed by atoms with Crippen molar-refractivity contribution in [1.82, 2.24) is 9.47 Å². The number of benzene rings is 2. The third-order valence-electron chi connectivity index (χ3n) is 3.67. The molecule has 1 heterocycles. The standard InChI is InChI=1S/C17H17F3N2/c1-21(2)10-12-7-8-16-14(9-12)13-5-3-4-6-15(13)22(16)11-17(18,19)20/h3-9H,10-11H2,1-2H3. The molecule has 0 radical (unpaired) electrons. The monoisotopic (exact) mass is 306 g/mol. The fraction of sp³-hybridized carbons (Fsp3) is 0.294. The molecular formula is C17H17F3N2.